The zero-order chi connectivity index (χ0) is 19.7. The van der Waals surface area contributed by atoms with Gasteiger partial charge in [0.2, 0.25) is 0 Å². The van der Waals surface area contributed by atoms with E-state index in [9.17, 15) is 14.4 Å². The Labute approximate surface area is 158 Å². The quantitative estimate of drug-likeness (QED) is 0.793. The number of benzene rings is 1. The molecule has 3 rings (SSSR count). The standard InChI is InChI=1S/C20H26N4O3/c1-14-10-15(2)12-16(11-14)19(26)24-7-5-6-23(8-9-24)17-13-18(25)22(4)20(27)21(17)3/h10-13H,5-9H2,1-4H3. The van der Waals surface area contributed by atoms with Crippen LogP contribution in [0.1, 0.15) is 27.9 Å². The van der Waals surface area contributed by atoms with Crippen molar-refractivity contribution in [3.8, 4) is 0 Å². The first kappa shape index (κ1) is 18.9. The van der Waals surface area contributed by atoms with E-state index >= 15 is 0 Å². The van der Waals surface area contributed by atoms with Crippen molar-refractivity contribution in [2.24, 2.45) is 14.1 Å². The van der Waals surface area contributed by atoms with Crippen LogP contribution >= 0.6 is 0 Å². The number of nitrogens with zero attached hydrogens (tertiary/aromatic N) is 4. The molecule has 2 aromatic rings. The Morgan fingerprint density at radius 3 is 2.19 bits per heavy atom. The fourth-order valence-corrected chi connectivity index (χ4v) is 3.66. The average Bonchev–Trinajstić information content (AvgIpc) is 2.87. The summed E-state index contributed by atoms with van der Waals surface area (Å²) in [6.07, 6.45) is 0.778. The van der Waals surface area contributed by atoms with E-state index in [-0.39, 0.29) is 17.2 Å². The molecule has 1 amide bonds. The maximum absolute atomic E-state index is 12.9. The fraction of sp³-hybridized carbons (Fsp3) is 0.450. The molecule has 0 N–H and O–H groups in total. The normalized spacial score (nSPS) is 15.0. The van der Waals surface area contributed by atoms with Gasteiger partial charge in [0.05, 0.1) is 0 Å². The summed E-state index contributed by atoms with van der Waals surface area (Å²) in [7, 11) is 3.14. The number of hydrogen-bond donors (Lipinski definition) is 0. The van der Waals surface area contributed by atoms with E-state index in [0.29, 0.717) is 37.6 Å². The highest BCUT2D eigenvalue weighted by Gasteiger charge is 2.22. The van der Waals surface area contributed by atoms with Crippen molar-refractivity contribution >= 4 is 11.7 Å². The van der Waals surface area contributed by atoms with Crippen LogP contribution in [-0.4, -0.2) is 46.1 Å². The molecular formula is C20H26N4O3. The number of hydrogen-bond acceptors (Lipinski definition) is 4. The maximum Gasteiger partial charge on any atom is 0.332 e. The first-order valence-electron chi connectivity index (χ1n) is 9.17. The molecule has 0 aliphatic carbocycles. The van der Waals surface area contributed by atoms with E-state index in [1.807, 2.05) is 35.8 Å². The number of carbonyl (C=O) groups is 1. The molecule has 0 atom stereocenters. The molecule has 1 fully saturated rings. The third kappa shape index (κ3) is 3.82. The minimum Gasteiger partial charge on any atom is -0.356 e. The highest BCUT2D eigenvalue weighted by Crippen LogP contribution is 2.16. The Kier molecular flexibility index (Phi) is 5.21. The topological polar surface area (TPSA) is 67.6 Å². The smallest absolute Gasteiger partial charge is 0.332 e. The van der Waals surface area contributed by atoms with Crippen LogP contribution in [0.15, 0.2) is 33.9 Å². The minimum atomic E-state index is -0.343. The van der Waals surface area contributed by atoms with Crippen molar-refractivity contribution in [1.82, 2.24) is 14.0 Å². The summed E-state index contributed by atoms with van der Waals surface area (Å²) in [5.74, 6) is 0.630. The minimum absolute atomic E-state index is 0.0292. The van der Waals surface area contributed by atoms with Gasteiger partial charge in [-0.25, -0.2) is 4.79 Å². The lowest BCUT2D eigenvalue weighted by Crippen LogP contribution is -2.41. The van der Waals surface area contributed by atoms with Crippen molar-refractivity contribution in [3.63, 3.8) is 0 Å². The van der Waals surface area contributed by atoms with Crippen LogP contribution in [0.25, 0.3) is 0 Å². The van der Waals surface area contributed by atoms with Crippen molar-refractivity contribution in [2.75, 3.05) is 31.1 Å². The Morgan fingerprint density at radius 2 is 1.52 bits per heavy atom. The average molecular weight is 370 g/mol. The summed E-state index contributed by atoms with van der Waals surface area (Å²) in [6.45, 7) is 6.46. The molecule has 1 aliphatic heterocycles. The van der Waals surface area contributed by atoms with Crippen molar-refractivity contribution in [1.29, 1.82) is 0 Å². The molecule has 144 valence electrons. The second kappa shape index (κ2) is 7.42. The summed E-state index contributed by atoms with van der Waals surface area (Å²) < 4.78 is 2.58. The van der Waals surface area contributed by atoms with Gasteiger partial charge in [-0.2, -0.15) is 0 Å². The molecule has 2 heterocycles. The van der Waals surface area contributed by atoms with Crippen LogP contribution in [0.2, 0.25) is 0 Å². The van der Waals surface area contributed by atoms with Gasteiger partial charge < -0.3 is 9.80 Å². The van der Waals surface area contributed by atoms with Gasteiger partial charge in [-0.3, -0.25) is 18.7 Å². The van der Waals surface area contributed by atoms with Gasteiger partial charge in [0.1, 0.15) is 5.82 Å². The van der Waals surface area contributed by atoms with Crippen LogP contribution in [0, 0.1) is 13.8 Å². The molecule has 0 saturated carbocycles. The van der Waals surface area contributed by atoms with Crippen molar-refractivity contribution < 1.29 is 4.79 Å². The first-order chi connectivity index (χ1) is 12.8. The predicted molar refractivity (Wildman–Crippen MR) is 106 cm³/mol. The molecule has 1 aliphatic rings. The molecule has 0 unspecified atom stereocenters. The summed E-state index contributed by atoms with van der Waals surface area (Å²) in [5, 5.41) is 0. The summed E-state index contributed by atoms with van der Waals surface area (Å²) in [5.41, 5.74) is 2.20. The Balaban J connectivity index is 1.81. The van der Waals surface area contributed by atoms with Crippen LogP contribution in [-0.2, 0) is 14.1 Å². The molecular weight excluding hydrogens is 344 g/mol. The molecule has 0 spiro atoms. The SMILES string of the molecule is Cc1cc(C)cc(C(=O)N2CCCN(c3cc(=O)n(C)c(=O)n3C)CC2)c1. The number of aromatic nitrogens is 2. The predicted octanol–water partition coefficient (Wildman–Crippen LogP) is 1.05. The van der Waals surface area contributed by atoms with Gasteiger partial charge in [-0.15, -0.1) is 0 Å². The van der Waals surface area contributed by atoms with Crippen LogP contribution in [0.3, 0.4) is 0 Å². The first-order valence-corrected chi connectivity index (χ1v) is 9.17. The summed E-state index contributed by atoms with van der Waals surface area (Å²) >= 11 is 0. The third-order valence-electron chi connectivity index (χ3n) is 5.08. The monoisotopic (exact) mass is 370 g/mol. The molecule has 0 bridgehead atoms. The number of amides is 1. The Hall–Kier alpha value is -2.83. The molecule has 1 aromatic carbocycles. The maximum atomic E-state index is 12.9. The van der Waals surface area contributed by atoms with E-state index in [0.717, 1.165) is 22.1 Å². The Morgan fingerprint density at radius 1 is 0.852 bits per heavy atom. The fourth-order valence-electron chi connectivity index (χ4n) is 3.66. The van der Waals surface area contributed by atoms with Crippen molar-refractivity contribution in [3.05, 3.63) is 61.8 Å². The van der Waals surface area contributed by atoms with Gasteiger partial charge in [-0.1, -0.05) is 17.2 Å². The highest BCUT2D eigenvalue weighted by molar-refractivity contribution is 5.94. The van der Waals surface area contributed by atoms with E-state index in [1.54, 1.807) is 7.05 Å². The van der Waals surface area contributed by atoms with E-state index < -0.39 is 0 Å². The van der Waals surface area contributed by atoms with Crippen LogP contribution in [0.5, 0.6) is 0 Å². The van der Waals surface area contributed by atoms with Gasteiger partial charge >= 0.3 is 5.69 Å². The van der Waals surface area contributed by atoms with Crippen LogP contribution in [0.4, 0.5) is 5.82 Å². The molecule has 27 heavy (non-hydrogen) atoms. The van der Waals surface area contributed by atoms with Crippen LogP contribution < -0.4 is 16.1 Å². The van der Waals surface area contributed by atoms with Gasteiger partial charge in [0.25, 0.3) is 11.5 Å². The van der Waals surface area contributed by atoms with Gasteiger partial charge in [0, 0.05) is 51.9 Å². The van der Waals surface area contributed by atoms with E-state index in [4.69, 9.17) is 0 Å². The van der Waals surface area contributed by atoms with Crippen molar-refractivity contribution in [2.45, 2.75) is 20.3 Å². The lowest BCUT2D eigenvalue weighted by atomic mass is 10.1. The molecule has 7 nitrogen and oxygen atoms in total. The second-order valence-corrected chi connectivity index (χ2v) is 7.25. The number of rotatable bonds is 2. The number of anilines is 1. The number of carbonyl (C=O) groups excluding carboxylic acids is 1. The molecule has 1 saturated heterocycles. The van der Waals surface area contributed by atoms with E-state index in [2.05, 4.69) is 6.07 Å². The van der Waals surface area contributed by atoms with Gasteiger partial charge in [0.15, 0.2) is 0 Å². The Bertz CT molecular complexity index is 969. The lowest BCUT2D eigenvalue weighted by molar-refractivity contribution is 0.0767. The van der Waals surface area contributed by atoms with Gasteiger partial charge in [-0.05, 0) is 32.4 Å². The zero-order valence-corrected chi connectivity index (χ0v) is 16.4. The highest BCUT2D eigenvalue weighted by atomic mass is 16.2. The number of aryl methyl sites for hydroxylation is 2. The third-order valence-corrected chi connectivity index (χ3v) is 5.08. The van der Waals surface area contributed by atoms with E-state index in [1.165, 1.54) is 17.7 Å². The largest absolute Gasteiger partial charge is 0.356 e. The molecule has 1 aromatic heterocycles. The lowest BCUT2D eigenvalue weighted by Gasteiger charge is -2.25. The summed E-state index contributed by atoms with van der Waals surface area (Å²) in [4.78, 5) is 41.0. The molecule has 0 radical (unpaired) electrons. The zero-order valence-electron chi connectivity index (χ0n) is 16.4. The summed E-state index contributed by atoms with van der Waals surface area (Å²) in [6, 6.07) is 7.38. The second-order valence-electron chi connectivity index (χ2n) is 7.25. The molecule has 7 heteroatoms.